The third kappa shape index (κ3) is 3.94. The maximum absolute atomic E-state index is 5.62. The lowest BCUT2D eigenvalue weighted by molar-refractivity contribution is 0.174. The van der Waals surface area contributed by atoms with E-state index in [0.29, 0.717) is 11.7 Å². The summed E-state index contributed by atoms with van der Waals surface area (Å²) in [7, 11) is 0. The molecule has 1 aromatic carbocycles. The molecular weight excluding hydrogens is 322 g/mol. The number of hydrogen-bond donors (Lipinski definition) is 1. The zero-order valence-electron chi connectivity index (χ0n) is 13.7. The Morgan fingerprint density at radius 2 is 2.17 bits per heavy atom. The largest absolute Gasteiger partial charge is 0.454 e. The smallest absolute Gasteiger partial charge is 0.231 e. The van der Waals surface area contributed by atoms with Gasteiger partial charge >= 0.3 is 0 Å². The van der Waals surface area contributed by atoms with E-state index in [1.807, 2.05) is 36.5 Å². The van der Waals surface area contributed by atoms with Crippen molar-refractivity contribution in [2.45, 2.75) is 26.3 Å². The minimum absolute atomic E-state index is 0.264. The van der Waals surface area contributed by atoms with Crippen molar-refractivity contribution in [2.24, 2.45) is 0 Å². The summed E-state index contributed by atoms with van der Waals surface area (Å²) in [6.07, 6.45) is 5.84. The van der Waals surface area contributed by atoms with Gasteiger partial charge in [-0.3, -0.25) is 4.98 Å². The molecule has 126 valence electrons. The number of rotatable bonds is 6. The summed E-state index contributed by atoms with van der Waals surface area (Å²) in [5.41, 5.74) is 2.06. The lowest BCUT2D eigenvalue weighted by Crippen LogP contribution is -2.39. The number of nitrogens with one attached hydrogen (secondary N) is 1. The normalized spacial score (nSPS) is 12.0. The molecule has 3 rings (SSSR count). The summed E-state index contributed by atoms with van der Waals surface area (Å²) in [5, 5.41) is 4.04. The standard InChI is InChI=1S/C18H21N3O2S/c1-2-3-9-20-18(24)21(12-14-5-4-8-19-11-14)15-6-7-16-17(10-15)23-13-22-16/h4-8,10-11H,2-3,9,12-13H2,1H3,(H,20,24). The average molecular weight is 343 g/mol. The van der Waals surface area contributed by atoms with Crippen LogP contribution in [0.3, 0.4) is 0 Å². The van der Waals surface area contributed by atoms with Gasteiger partial charge in [0, 0.05) is 30.7 Å². The first kappa shape index (κ1) is 16.5. The van der Waals surface area contributed by atoms with Crippen LogP contribution in [-0.2, 0) is 6.54 Å². The molecule has 1 aliphatic heterocycles. The van der Waals surface area contributed by atoms with Crippen molar-refractivity contribution in [2.75, 3.05) is 18.2 Å². The summed E-state index contributed by atoms with van der Waals surface area (Å²) >= 11 is 5.62. The van der Waals surface area contributed by atoms with Crippen LogP contribution in [-0.4, -0.2) is 23.4 Å². The van der Waals surface area contributed by atoms with Crippen LogP contribution < -0.4 is 19.7 Å². The highest BCUT2D eigenvalue weighted by molar-refractivity contribution is 7.80. The number of ether oxygens (including phenoxy) is 2. The molecule has 1 aliphatic rings. The monoisotopic (exact) mass is 343 g/mol. The van der Waals surface area contributed by atoms with E-state index in [9.17, 15) is 0 Å². The molecule has 2 heterocycles. The molecule has 1 aromatic heterocycles. The van der Waals surface area contributed by atoms with Crippen molar-refractivity contribution in [3.05, 3.63) is 48.3 Å². The second-order valence-corrected chi connectivity index (χ2v) is 5.96. The Labute approximate surface area is 147 Å². The predicted molar refractivity (Wildman–Crippen MR) is 98.5 cm³/mol. The zero-order chi connectivity index (χ0) is 16.8. The molecule has 0 unspecified atom stereocenters. The Hall–Kier alpha value is -2.34. The van der Waals surface area contributed by atoms with Crippen molar-refractivity contribution in [1.29, 1.82) is 0 Å². The predicted octanol–water partition coefficient (Wildman–Crippen LogP) is 3.49. The summed E-state index contributed by atoms with van der Waals surface area (Å²) in [5.74, 6) is 1.52. The van der Waals surface area contributed by atoms with Gasteiger partial charge in [-0.05, 0) is 42.4 Å². The van der Waals surface area contributed by atoms with Crippen LogP contribution in [0, 0.1) is 0 Å². The van der Waals surface area contributed by atoms with Crippen LogP contribution in [0.2, 0.25) is 0 Å². The maximum Gasteiger partial charge on any atom is 0.231 e. The molecule has 2 aromatic rings. The Bertz CT molecular complexity index is 694. The van der Waals surface area contributed by atoms with E-state index in [1.54, 1.807) is 6.20 Å². The highest BCUT2D eigenvalue weighted by Crippen LogP contribution is 2.35. The van der Waals surface area contributed by atoms with Crippen molar-refractivity contribution in [1.82, 2.24) is 10.3 Å². The molecule has 0 atom stereocenters. The SMILES string of the molecule is CCCCNC(=S)N(Cc1cccnc1)c1ccc2c(c1)OCO2. The Kier molecular flexibility index (Phi) is 5.48. The quantitative estimate of drug-likeness (QED) is 0.640. The first-order valence-electron chi connectivity index (χ1n) is 8.12. The van der Waals surface area contributed by atoms with Crippen LogP contribution in [0.15, 0.2) is 42.7 Å². The number of nitrogens with zero attached hydrogens (tertiary/aromatic N) is 2. The van der Waals surface area contributed by atoms with Crippen molar-refractivity contribution >= 4 is 23.0 Å². The van der Waals surface area contributed by atoms with Crippen molar-refractivity contribution in [3.63, 3.8) is 0 Å². The van der Waals surface area contributed by atoms with E-state index in [1.165, 1.54) is 0 Å². The van der Waals surface area contributed by atoms with Gasteiger partial charge in [0.2, 0.25) is 6.79 Å². The van der Waals surface area contributed by atoms with Crippen molar-refractivity contribution < 1.29 is 9.47 Å². The second kappa shape index (κ2) is 7.97. The van der Waals surface area contributed by atoms with Gasteiger partial charge < -0.3 is 19.7 Å². The number of pyridine rings is 1. The number of hydrogen-bond acceptors (Lipinski definition) is 4. The van der Waals surface area contributed by atoms with E-state index in [2.05, 4.69) is 22.1 Å². The number of thiocarbonyl (C=S) groups is 1. The fraction of sp³-hybridized carbons (Fsp3) is 0.333. The molecule has 0 bridgehead atoms. The number of fused-ring (bicyclic) bond motifs is 1. The van der Waals surface area contributed by atoms with E-state index in [4.69, 9.17) is 21.7 Å². The molecule has 0 aliphatic carbocycles. The maximum atomic E-state index is 5.62. The van der Waals surface area contributed by atoms with E-state index in [-0.39, 0.29) is 6.79 Å². The minimum Gasteiger partial charge on any atom is -0.454 e. The Balaban J connectivity index is 1.82. The number of aromatic nitrogens is 1. The second-order valence-electron chi connectivity index (χ2n) is 5.57. The molecular formula is C18H21N3O2S. The summed E-state index contributed by atoms with van der Waals surface area (Å²) < 4.78 is 10.9. The first-order chi connectivity index (χ1) is 11.8. The third-order valence-corrected chi connectivity index (χ3v) is 4.15. The fourth-order valence-corrected chi connectivity index (χ4v) is 2.75. The fourth-order valence-electron chi connectivity index (χ4n) is 2.48. The lowest BCUT2D eigenvalue weighted by atomic mass is 10.2. The zero-order valence-corrected chi connectivity index (χ0v) is 14.5. The van der Waals surface area contributed by atoms with E-state index < -0.39 is 0 Å². The van der Waals surface area contributed by atoms with Gasteiger partial charge in [0.05, 0.1) is 6.54 Å². The van der Waals surface area contributed by atoms with Crippen molar-refractivity contribution in [3.8, 4) is 11.5 Å². The van der Waals surface area contributed by atoms with Gasteiger partial charge in [-0.15, -0.1) is 0 Å². The van der Waals surface area contributed by atoms with Crippen LogP contribution in [0.4, 0.5) is 5.69 Å². The molecule has 0 amide bonds. The van der Waals surface area contributed by atoms with Gasteiger partial charge in [0.1, 0.15) is 0 Å². The van der Waals surface area contributed by atoms with Crippen LogP contribution in [0.25, 0.3) is 0 Å². The summed E-state index contributed by atoms with van der Waals surface area (Å²) in [6, 6.07) is 9.86. The van der Waals surface area contributed by atoms with E-state index >= 15 is 0 Å². The summed E-state index contributed by atoms with van der Waals surface area (Å²) in [4.78, 5) is 6.25. The van der Waals surface area contributed by atoms with Crippen LogP contribution in [0.5, 0.6) is 11.5 Å². The van der Waals surface area contributed by atoms with Gasteiger partial charge in [0.15, 0.2) is 16.6 Å². The molecule has 5 nitrogen and oxygen atoms in total. The van der Waals surface area contributed by atoms with Gasteiger partial charge in [0.25, 0.3) is 0 Å². The van der Waals surface area contributed by atoms with Gasteiger partial charge in [-0.25, -0.2) is 0 Å². The Morgan fingerprint density at radius 3 is 2.96 bits per heavy atom. The van der Waals surface area contributed by atoms with E-state index in [0.717, 1.165) is 42.1 Å². The first-order valence-corrected chi connectivity index (χ1v) is 8.52. The average Bonchev–Trinajstić information content (AvgIpc) is 3.08. The minimum atomic E-state index is 0.264. The third-order valence-electron chi connectivity index (χ3n) is 3.78. The highest BCUT2D eigenvalue weighted by atomic mass is 32.1. The number of unbranched alkanes of at least 4 members (excludes halogenated alkanes) is 1. The molecule has 0 fully saturated rings. The Morgan fingerprint density at radius 1 is 1.29 bits per heavy atom. The molecule has 0 radical (unpaired) electrons. The topological polar surface area (TPSA) is 46.6 Å². The number of benzene rings is 1. The van der Waals surface area contributed by atoms with Gasteiger partial charge in [-0.2, -0.15) is 0 Å². The van der Waals surface area contributed by atoms with Gasteiger partial charge in [-0.1, -0.05) is 19.4 Å². The highest BCUT2D eigenvalue weighted by Gasteiger charge is 2.18. The molecule has 1 N–H and O–H groups in total. The molecule has 24 heavy (non-hydrogen) atoms. The van der Waals surface area contributed by atoms with Crippen LogP contribution in [0.1, 0.15) is 25.3 Å². The summed E-state index contributed by atoms with van der Waals surface area (Å²) in [6.45, 7) is 3.94. The number of anilines is 1. The molecule has 0 spiro atoms. The molecule has 0 saturated carbocycles. The van der Waals surface area contributed by atoms with Crippen LogP contribution >= 0.6 is 12.2 Å². The molecule has 6 heteroatoms. The lowest BCUT2D eigenvalue weighted by Gasteiger charge is -2.26. The molecule has 0 saturated heterocycles.